The van der Waals surface area contributed by atoms with Gasteiger partial charge in [-0.25, -0.2) is 0 Å². The highest BCUT2D eigenvalue weighted by atomic mass is 16.5. The third-order valence-electron chi connectivity index (χ3n) is 3.22. The van der Waals surface area contributed by atoms with Gasteiger partial charge in [0.1, 0.15) is 0 Å². The lowest BCUT2D eigenvalue weighted by Crippen LogP contribution is -2.31. The van der Waals surface area contributed by atoms with E-state index in [2.05, 4.69) is 10.6 Å². The Morgan fingerprint density at radius 1 is 1.42 bits per heavy atom. The lowest BCUT2D eigenvalue weighted by atomic mass is 10.1. The molecule has 0 aromatic heterocycles. The maximum atomic E-state index is 11.9. The van der Waals surface area contributed by atoms with E-state index in [4.69, 9.17) is 4.74 Å². The number of nitrogens with one attached hydrogen (secondary N) is 2. The fourth-order valence-corrected chi connectivity index (χ4v) is 2.14. The summed E-state index contributed by atoms with van der Waals surface area (Å²) in [5, 5.41) is 5.53. The number of carbonyl (C=O) groups excluding carboxylic acids is 2. The fraction of sp³-hybridized carbons (Fsp3) is 0.429. The van der Waals surface area contributed by atoms with Crippen LogP contribution in [0.3, 0.4) is 0 Å². The molecule has 1 aromatic carbocycles. The van der Waals surface area contributed by atoms with Crippen LogP contribution in [0.25, 0.3) is 0 Å². The summed E-state index contributed by atoms with van der Waals surface area (Å²) < 4.78 is 5.12. The highest BCUT2D eigenvalue weighted by Crippen LogP contribution is 2.12. The molecule has 5 heteroatoms. The predicted molar refractivity (Wildman–Crippen MR) is 70.1 cm³/mol. The van der Waals surface area contributed by atoms with Gasteiger partial charge in [0.15, 0.2) is 0 Å². The van der Waals surface area contributed by atoms with Crippen molar-refractivity contribution in [1.29, 1.82) is 0 Å². The van der Waals surface area contributed by atoms with Crippen molar-refractivity contribution in [3.05, 3.63) is 35.4 Å². The maximum Gasteiger partial charge on any atom is 0.225 e. The summed E-state index contributed by atoms with van der Waals surface area (Å²) in [7, 11) is 1.64. The fourth-order valence-electron chi connectivity index (χ4n) is 2.14. The van der Waals surface area contributed by atoms with Gasteiger partial charge >= 0.3 is 0 Å². The molecular formula is C14H18N2O3. The molecule has 1 fully saturated rings. The van der Waals surface area contributed by atoms with Crippen LogP contribution < -0.4 is 10.6 Å². The normalized spacial score (nSPS) is 18.2. The molecule has 0 radical (unpaired) electrons. The monoisotopic (exact) mass is 262 g/mol. The highest BCUT2D eigenvalue weighted by molar-refractivity contribution is 5.89. The number of rotatable bonds is 5. The Morgan fingerprint density at radius 2 is 2.16 bits per heavy atom. The quantitative estimate of drug-likeness (QED) is 0.816. The van der Waals surface area contributed by atoms with Gasteiger partial charge in [0.2, 0.25) is 11.8 Å². The second-order valence-corrected chi connectivity index (χ2v) is 4.62. The van der Waals surface area contributed by atoms with E-state index in [1.54, 1.807) is 7.11 Å². The van der Waals surface area contributed by atoms with Gasteiger partial charge in [0, 0.05) is 26.6 Å². The van der Waals surface area contributed by atoms with E-state index in [1.807, 2.05) is 24.3 Å². The smallest absolute Gasteiger partial charge is 0.225 e. The first kappa shape index (κ1) is 13.5. The van der Waals surface area contributed by atoms with Crippen molar-refractivity contribution in [3.8, 4) is 0 Å². The Labute approximate surface area is 112 Å². The zero-order chi connectivity index (χ0) is 13.7. The van der Waals surface area contributed by atoms with Gasteiger partial charge < -0.3 is 15.4 Å². The lowest BCUT2D eigenvalue weighted by molar-refractivity contribution is -0.126. The van der Waals surface area contributed by atoms with E-state index in [1.165, 1.54) is 0 Å². The Hall–Kier alpha value is -1.88. The summed E-state index contributed by atoms with van der Waals surface area (Å²) in [4.78, 5) is 23.0. The summed E-state index contributed by atoms with van der Waals surface area (Å²) in [6.07, 6.45) is 0.283. The molecule has 1 aliphatic heterocycles. The number of carbonyl (C=O) groups is 2. The number of ether oxygens (including phenoxy) is 1. The number of methoxy groups -OCH3 is 1. The van der Waals surface area contributed by atoms with Gasteiger partial charge in [-0.3, -0.25) is 9.59 Å². The third-order valence-corrected chi connectivity index (χ3v) is 3.22. The molecule has 2 amide bonds. The molecule has 1 heterocycles. The van der Waals surface area contributed by atoms with Gasteiger partial charge in [-0.2, -0.15) is 0 Å². The van der Waals surface area contributed by atoms with Crippen molar-refractivity contribution in [1.82, 2.24) is 10.6 Å². The number of amides is 2. The minimum atomic E-state index is -0.248. The molecule has 5 nitrogen and oxygen atoms in total. The minimum absolute atomic E-state index is 0.0556. The van der Waals surface area contributed by atoms with Gasteiger partial charge in [0.25, 0.3) is 0 Å². The maximum absolute atomic E-state index is 11.9. The zero-order valence-electron chi connectivity index (χ0n) is 10.9. The van der Waals surface area contributed by atoms with Gasteiger partial charge in [-0.05, 0) is 11.1 Å². The lowest BCUT2D eigenvalue weighted by Gasteiger charge is -2.12. The molecule has 19 heavy (non-hydrogen) atoms. The predicted octanol–water partition coefficient (Wildman–Crippen LogP) is 0.585. The van der Waals surface area contributed by atoms with Gasteiger partial charge in [-0.1, -0.05) is 24.3 Å². The minimum Gasteiger partial charge on any atom is -0.380 e. The molecule has 2 N–H and O–H groups in total. The van der Waals surface area contributed by atoms with Crippen molar-refractivity contribution in [3.63, 3.8) is 0 Å². The van der Waals surface area contributed by atoms with E-state index in [-0.39, 0.29) is 24.2 Å². The molecular weight excluding hydrogens is 244 g/mol. The van der Waals surface area contributed by atoms with Crippen molar-refractivity contribution in [2.45, 2.75) is 19.6 Å². The van der Waals surface area contributed by atoms with Gasteiger partial charge in [-0.15, -0.1) is 0 Å². The van der Waals surface area contributed by atoms with Crippen LogP contribution in [0.2, 0.25) is 0 Å². The summed E-state index contributed by atoms with van der Waals surface area (Å²) in [5.41, 5.74) is 2.10. The first-order chi connectivity index (χ1) is 9.20. The molecule has 1 saturated heterocycles. The molecule has 1 unspecified atom stereocenters. The van der Waals surface area contributed by atoms with E-state index in [9.17, 15) is 9.59 Å². The van der Waals surface area contributed by atoms with E-state index < -0.39 is 0 Å². The number of hydrogen-bond donors (Lipinski definition) is 2. The standard InChI is InChI=1S/C14H18N2O3/c1-19-9-11-5-3-2-4-10(11)7-16-14(18)12-6-13(17)15-8-12/h2-5,12H,6-9H2,1H3,(H,15,17)(H,16,18). The van der Waals surface area contributed by atoms with Crippen molar-refractivity contribution in [2.24, 2.45) is 5.92 Å². The van der Waals surface area contributed by atoms with Crippen LogP contribution in [-0.4, -0.2) is 25.5 Å². The van der Waals surface area contributed by atoms with Crippen molar-refractivity contribution in [2.75, 3.05) is 13.7 Å². The van der Waals surface area contributed by atoms with E-state index >= 15 is 0 Å². The van der Waals surface area contributed by atoms with Crippen LogP contribution >= 0.6 is 0 Å². The Bertz CT molecular complexity index is 474. The van der Waals surface area contributed by atoms with E-state index in [0.29, 0.717) is 19.7 Å². The Balaban J connectivity index is 1.91. The number of hydrogen-bond acceptors (Lipinski definition) is 3. The Kier molecular flexibility index (Phi) is 4.52. The average Bonchev–Trinajstić information content (AvgIpc) is 2.84. The van der Waals surface area contributed by atoms with Crippen LogP contribution in [0.4, 0.5) is 0 Å². The summed E-state index contributed by atoms with van der Waals surface area (Å²) >= 11 is 0. The zero-order valence-corrected chi connectivity index (χ0v) is 10.9. The van der Waals surface area contributed by atoms with Crippen molar-refractivity contribution < 1.29 is 14.3 Å². The van der Waals surface area contributed by atoms with Crippen LogP contribution in [0.5, 0.6) is 0 Å². The second kappa shape index (κ2) is 6.33. The first-order valence-corrected chi connectivity index (χ1v) is 6.31. The van der Waals surface area contributed by atoms with Crippen LogP contribution in [0.1, 0.15) is 17.5 Å². The van der Waals surface area contributed by atoms with E-state index in [0.717, 1.165) is 11.1 Å². The SMILES string of the molecule is COCc1ccccc1CNC(=O)C1CNC(=O)C1. The molecule has 0 spiro atoms. The molecule has 1 aliphatic rings. The molecule has 1 atom stereocenters. The van der Waals surface area contributed by atoms with Crippen molar-refractivity contribution >= 4 is 11.8 Å². The first-order valence-electron chi connectivity index (χ1n) is 6.31. The topological polar surface area (TPSA) is 67.4 Å². The molecule has 102 valence electrons. The summed E-state index contributed by atoms with van der Waals surface area (Å²) in [5.74, 6) is -0.382. The summed E-state index contributed by atoms with van der Waals surface area (Å²) in [6, 6.07) is 7.82. The molecule has 0 aliphatic carbocycles. The molecule has 0 saturated carbocycles. The average molecular weight is 262 g/mol. The molecule has 1 aromatic rings. The molecule has 2 rings (SSSR count). The number of benzene rings is 1. The largest absolute Gasteiger partial charge is 0.380 e. The summed E-state index contributed by atoms with van der Waals surface area (Å²) in [6.45, 7) is 1.42. The van der Waals surface area contributed by atoms with Crippen LogP contribution in [0.15, 0.2) is 24.3 Å². The molecule has 0 bridgehead atoms. The van der Waals surface area contributed by atoms with Crippen LogP contribution in [-0.2, 0) is 27.5 Å². The highest BCUT2D eigenvalue weighted by Gasteiger charge is 2.27. The second-order valence-electron chi connectivity index (χ2n) is 4.62. The van der Waals surface area contributed by atoms with Gasteiger partial charge in [0.05, 0.1) is 12.5 Å². The van der Waals surface area contributed by atoms with Crippen LogP contribution in [0, 0.1) is 5.92 Å². The third kappa shape index (κ3) is 3.54. The Morgan fingerprint density at radius 3 is 2.79 bits per heavy atom.